The van der Waals surface area contributed by atoms with Crippen LogP contribution in [0.3, 0.4) is 0 Å². The van der Waals surface area contributed by atoms with E-state index in [1.54, 1.807) is 36.4 Å². The van der Waals surface area contributed by atoms with Gasteiger partial charge in [-0.25, -0.2) is 8.42 Å². The molecule has 1 heterocycles. The van der Waals surface area contributed by atoms with Gasteiger partial charge in [-0.05, 0) is 72.9 Å². The summed E-state index contributed by atoms with van der Waals surface area (Å²) >= 11 is 5.90. The second-order valence-electron chi connectivity index (χ2n) is 8.25. The molecule has 0 amide bonds. The van der Waals surface area contributed by atoms with Gasteiger partial charge >= 0.3 is 0 Å². The Labute approximate surface area is 188 Å². The molecular formula is C25H23ClN2O2S. The highest BCUT2D eigenvalue weighted by Gasteiger charge is 2.38. The van der Waals surface area contributed by atoms with Crippen molar-refractivity contribution >= 4 is 33.0 Å². The number of aryl methyl sites for hydroxylation is 1. The molecule has 0 radical (unpaired) electrons. The lowest BCUT2D eigenvalue weighted by Gasteiger charge is -2.37. The van der Waals surface area contributed by atoms with Gasteiger partial charge in [-0.1, -0.05) is 53.6 Å². The predicted octanol–water partition coefficient (Wildman–Crippen LogP) is 6.28. The van der Waals surface area contributed by atoms with E-state index >= 15 is 0 Å². The summed E-state index contributed by atoms with van der Waals surface area (Å²) in [6.07, 6.45) is 5.39. The van der Waals surface area contributed by atoms with Crippen LogP contribution in [0.4, 0.5) is 11.4 Å². The molecule has 0 saturated carbocycles. The maximum atomic E-state index is 13.0. The first-order valence-corrected chi connectivity index (χ1v) is 12.2. The third-order valence-electron chi connectivity index (χ3n) is 6.18. The molecule has 31 heavy (non-hydrogen) atoms. The van der Waals surface area contributed by atoms with Crippen LogP contribution in [0.5, 0.6) is 0 Å². The lowest BCUT2D eigenvalue weighted by atomic mass is 9.77. The van der Waals surface area contributed by atoms with Gasteiger partial charge in [0.2, 0.25) is 0 Å². The largest absolute Gasteiger partial charge is 0.378 e. The number of rotatable bonds is 4. The number of nitrogens with one attached hydrogen (secondary N) is 2. The Morgan fingerprint density at radius 3 is 2.48 bits per heavy atom. The van der Waals surface area contributed by atoms with Crippen LogP contribution in [0.15, 0.2) is 83.8 Å². The summed E-state index contributed by atoms with van der Waals surface area (Å²) in [4.78, 5) is 0.260. The minimum atomic E-state index is -3.70. The molecular weight excluding hydrogens is 428 g/mol. The lowest BCUT2D eigenvalue weighted by Crippen LogP contribution is -2.29. The first kappa shape index (κ1) is 20.2. The van der Waals surface area contributed by atoms with Crippen molar-refractivity contribution < 1.29 is 8.42 Å². The van der Waals surface area contributed by atoms with Crippen LogP contribution in [-0.2, 0) is 10.0 Å². The maximum absolute atomic E-state index is 13.0. The van der Waals surface area contributed by atoms with Gasteiger partial charge in [-0.2, -0.15) is 0 Å². The average molecular weight is 451 g/mol. The summed E-state index contributed by atoms with van der Waals surface area (Å²) in [5.41, 5.74) is 5.00. The third-order valence-corrected chi connectivity index (χ3v) is 7.81. The molecule has 0 unspecified atom stereocenters. The van der Waals surface area contributed by atoms with Gasteiger partial charge in [-0.15, -0.1) is 0 Å². The summed E-state index contributed by atoms with van der Waals surface area (Å²) in [6.45, 7) is 2.09. The van der Waals surface area contributed by atoms with Crippen LogP contribution in [-0.4, -0.2) is 8.42 Å². The Morgan fingerprint density at radius 2 is 1.74 bits per heavy atom. The molecule has 3 atom stereocenters. The number of allylic oxidation sites excluding steroid dienone is 2. The van der Waals surface area contributed by atoms with E-state index in [0.29, 0.717) is 16.6 Å². The molecule has 158 valence electrons. The second-order valence-corrected chi connectivity index (χ2v) is 10.4. The summed E-state index contributed by atoms with van der Waals surface area (Å²) in [5.74, 6) is 0.547. The van der Waals surface area contributed by atoms with Crippen molar-refractivity contribution in [3.05, 3.63) is 101 Å². The van der Waals surface area contributed by atoms with Crippen LogP contribution in [0.25, 0.3) is 0 Å². The fraction of sp³-hybridized carbons (Fsp3) is 0.200. The normalized spacial score (nSPS) is 21.8. The van der Waals surface area contributed by atoms with Crippen LogP contribution >= 0.6 is 11.6 Å². The Balaban J connectivity index is 1.48. The van der Waals surface area contributed by atoms with E-state index in [4.69, 9.17) is 11.6 Å². The van der Waals surface area contributed by atoms with Crippen molar-refractivity contribution in [2.45, 2.75) is 30.2 Å². The number of fused-ring (bicyclic) bond motifs is 3. The molecule has 1 aliphatic heterocycles. The molecule has 2 aliphatic rings. The van der Waals surface area contributed by atoms with Crippen molar-refractivity contribution in [2.75, 3.05) is 10.0 Å². The number of anilines is 2. The second kappa shape index (κ2) is 7.74. The predicted molar refractivity (Wildman–Crippen MR) is 126 cm³/mol. The van der Waals surface area contributed by atoms with E-state index in [1.165, 1.54) is 11.1 Å². The highest BCUT2D eigenvalue weighted by molar-refractivity contribution is 7.92. The van der Waals surface area contributed by atoms with Crippen molar-refractivity contribution in [3.63, 3.8) is 0 Å². The maximum Gasteiger partial charge on any atom is 0.261 e. The number of sulfonamides is 1. The van der Waals surface area contributed by atoms with Gasteiger partial charge in [0.25, 0.3) is 10.0 Å². The average Bonchev–Trinajstić information content (AvgIpc) is 3.25. The minimum absolute atomic E-state index is 0.188. The quantitative estimate of drug-likeness (QED) is 0.460. The Hall–Kier alpha value is -2.76. The molecule has 2 N–H and O–H groups in total. The van der Waals surface area contributed by atoms with Crippen LogP contribution in [0.1, 0.15) is 35.1 Å². The lowest BCUT2D eigenvalue weighted by molar-refractivity contribution is 0.425. The zero-order valence-electron chi connectivity index (χ0n) is 17.0. The van der Waals surface area contributed by atoms with Crippen molar-refractivity contribution in [3.8, 4) is 0 Å². The number of halogens is 1. The van der Waals surface area contributed by atoms with Gasteiger partial charge in [0.05, 0.1) is 10.9 Å². The molecule has 0 saturated heterocycles. The van der Waals surface area contributed by atoms with Gasteiger partial charge < -0.3 is 5.32 Å². The minimum Gasteiger partial charge on any atom is -0.378 e. The van der Waals surface area contributed by atoms with Crippen molar-refractivity contribution in [1.29, 1.82) is 0 Å². The zero-order chi connectivity index (χ0) is 21.6. The molecule has 6 heteroatoms. The highest BCUT2D eigenvalue weighted by Crippen LogP contribution is 2.50. The van der Waals surface area contributed by atoms with E-state index in [9.17, 15) is 8.42 Å². The van der Waals surface area contributed by atoms with E-state index in [0.717, 1.165) is 17.7 Å². The molecule has 3 aromatic rings. The molecule has 3 aromatic carbocycles. The molecule has 0 spiro atoms. The van der Waals surface area contributed by atoms with Crippen molar-refractivity contribution in [2.24, 2.45) is 5.92 Å². The zero-order valence-corrected chi connectivity index (χ0v) is 18.6. The van der Waals surface area contributed by atoms with Gasteiger partial charge in [0, 0.05) is 22.3 Å². The number of hydrogen-bond donors (Lipinski definition) is 2. The Bertz CT molecular complexity index is 1250. The van der Waals surface area contributed by atoms with E-state index in [-0.39, 0.29) is 16.9 Å². The third kappa shape index (κ3) is 3.84. The summed E-state index contributed by atoms with van der Waals surface area (Å²) in [5, 5.41) is 4.23. The topological polar surface area (TPSA) is 58.2 Å². The van der Waals surface area contributed by atoms with Gasteiger partial charge in [0.1, 0.15) is 0 Å². The Morgan fingerprint density at radius 1 is 1.00 bits per heavy atom. The first-order valence-electron chi connectivity index (χ1n) is 10.3. The fourth-order valence-corrected chi connectivity index (χ4v) is 5.79. The molecule has 0 fully saturated rings. The van der Waals surface area contributed by atoms with E-state index < -0.39 is 10.0 Å². The van der Waals surface area contributed by atoms with Crippen LogP contribution in [0.2, 0.25) is 5.02 Å². The van der Waals surface area contributed by atoms with Gasteiger partial charge in [0.15, 0.2) is 0 Å². The summed E-state index contributed by atoms with van der Waals surface area (Å²) < 4.78 is 28.6. The van der Waals surface area contributed by atoms with Gasteiger partial charge in [-0.3, -0.25) is 4.72 Å². The van der Waals surface area contributed by atoms with E-state index in [1.807, 2.05) is 6.07 Å². The number of benzene rings is 3. The monoisotopic (exact) mass is 450 g/mol. The van der Waals surface area contributed by atoms with Crippen LogP contribution in [0, 0.1) is 12.8 Å². The summed E-state index contributed by atoms with van der Waals surface area (Å²) in [6, 6.07) is 20.8. The highest BCUT2D eigenvalue weighted by atomic mass is 35.5. The standard InChI is InChI=1S/C25H23ClN2O2S/c1-16-5-7-17(8-6-16)25-22-4-2-3-21(22)23-15-20(13-14-24(23)27-25)31(29,30)28-19-11-9-18(26)10-12-19/h2-3,5-15,21-22,25,27-28H,4H2,1H3/t21-,22+,25+/m0/s1. The molecule has 4 nitrogen and oxygen atoms in total. The smallest absolute Gasteiger partial charge is 0.261 e. The van der Waals surface area contributed by atoms with Crippen LogP contribution < -0.4 is 10.0 Å². The molecule has 5 rings (SSSR count). The molecule has 1 aliphatic carbocycles. The molecule has 0 bridgehead atoms. The summed E-state index contributed by atoms with van der Waals surface area (Å²) in [7, 11) is -3.70. The number of hydrogen-bond acceptors (Lipinski definition) is 3. The molecule has 0 aromatic heterocycles. The van der Waals surface area contributed by atoms with E-state index in [2.05, 4.69) is 53.4 Å². The first-order chi connectivity index (χ1) is 14.9. The Kier molecular flexibility index (Phi) is 5.03. The SMILES string of the molecule is Cc1ccc([C@H]2Nc3ccc(S(=O)(=O)Nc4ccc(Cl)cc4)cc3[C@H]3C=CC[C@H]32)cc1. The fourth-order valence-electron chi connectivity index (χ4n) is 4.58. The van der Waals surface area contributed by atoms with Crippen molar-refractivity contribution in [1.82, 2.24) is 0 Å².